The van der Waals surface area contributed by atoms with Crippen LogP contribution in [0.2, 0.25) is 0 Å². The molecule has 0 saturated carbocycles. The molecule has 172 valence electrons. The van der Waals surface area contributed by atoms with Crippen molar-refractivity contribution >= 4 is 33.9 Å². The van der Waals surface area contributed by atoms with E-state index in [2.05, 4.69) is 45.2 Å². The first-order chi connectivity index (χ1) is 16.1. The number of methoxy groups -OCH3 is 2. The highest BCUT2D eigenvalue weighted by atomic mass is 16.5. The van der Waals surface area contributed by atoms with Crippen molar-refractivity contribution in [1.29, 1.82) is 0 Å². The average Bonchev–Trinajstić information content (AvgIpc) is 3.38. The van der Waals surface area contributed by atoms with E-state index in [1.54, 1.807) is 20.3 Å². The van der Waals surface area contributed by atoms with Crippen molar-refractivity contribution in [2.75, 3.05) is 38.8 Å². The summed E-state index contributed by atoms with van der Waals surface area (Å²) in [6, 6.07) is 12.7. The van der Waals surface area contributed by atoms with Gasteiger partial charge in [-0.15, -0.1) is 0 Å². The highest BCUT2D eigenvalue weighted by molar-refractivity contribution is 5.98. The van der Waals surface area contributed by atoms with Crippen molar-refractivity contribution in [3.8, 4) is 17.3 Å². The predicted octanol–water partition coefficient (Wildman–Crippen LogP) is 4.82. The Morgan fingerprint density at radius 2 is 2.03 bits per heavy atom. The fraction of sp³-hybridized carbons (Fsp3) is 0.385. The second-order valence-corrected chi connectivity index (χ2v) is 8.67. The first-order valence-electron chi connectivity index (χ1n) is 11.5. The molecule has 0 radical (unpaired) electrons. The lowest BCUT2D eigenvalue weighted by Gasteiger charge is -2.36. The van der Waals surface area contributed by atoms with E-state index >= 15 is 0 Å². The van der Waals surface area contributed by atoms with Gasteiger partial charge in [-0.2, -0.15) is 0 Å². The van der Waals surface area contributed by atoms with Crippen LogP contribution in [0.3, 0.4) is 0 Å². The van der Waals surface area contributed by atoms with E-state index in [0.717, 1.165) is 61.4 Å². The second-order valence-electron chi connectivity index (χ2n) is 8.67. The van der Waals surface area contributed by atoms with Gasteiger partial charge in [0.15, 0.2) is 5.82 Å². The van der Waals surface area contributed by atoms with Crippen molar-refractivity contribution < 1.29 is 14.3 Å². The molecule has 1 unspecified atom stereocenters. The van der Waals surface area contributed by atoms with Crippen LogP contribution in [0.15, 0.2) is 36.4 Å². The maximum absolute atomic E-state index is 11.4. The number of imidazole rings is 1. The molecule has 0 spiro atoms. The molecular weight excluding hydrogens is 416 g/mol. The molecule has 1 atom stereocenters. The Labute approximate surface area is 193 Å². The third-order valence-corrected chi connectivity index (χ3v) is 6.77. The number of rotatable bonds is 8. The van der Waals surface area contributed by atoms with E-state index in [4.69, 9.17) is 14.5 Å². The Morgan fingerprint density at radius 3 is 2.76 bits per heavy atom. The van der Waals surface area contributed by atoms with Crippen LogP contribution in [0.1, 0.15) is 36.2 Å². The van der Waals surface area contributed by atoms with Gasteiger partial charge in [0.2, 0.25) is 0 Å². The van der Waals surface area contributed by atoms with Crippen LogP contribution >= 0.6 is 0 Å². The lowest BCUT2D eigenvalue weighted by atomic mass is 10.1. The summed E-state index contributed by atoms with van der Waals surface area (Å²) in [4.78, 5) is 18.9. The maximum atomic E-state index is 11.4. The molecule has 0 saturated heterocycles. The lowest BCUT2D eigenvalue weighted by molar-refractivity contribution is 0.112. The Bertz CT molecular complexity index is 1340. The molecule has 0 bridgehead atoms. The largest absolute Gasteiger partial charge is 0.494 e. The van der Waals surface area contributed by atoms with Gasteiger partial charge in [-0.3, -0.25) is 4.79 Å². The van der Waals surface area contributed by atoms with Gasteiger partial charge in [-0.05, 0) is 37.1 Å². The van der Waals surface area contributed by atoms with Gasteiger partial charge >= 0.3 is 0 Å². The van der Waals surface area contributed by atoms with Crippen molar-refractivity contribution in [2.45, 2.75) is 25.8 Å². The molecule has 0 amide bonds. The van der Waals surface area contributed by atoms with Gasteiger partial charge in [0.25, 0.3) is 0 Å². The number of hydrogen-bond acceptors (Lipinski definition) is 5. The van der Waals surface area contributed by atoms with E-state index < -0.39 is 0 Å². The standard InChI is InChI=1S/C26H30N4O3/c1-5-19-15-29(10-7-11-32-3)21-9-6-8-18-14-22(30(19)24(18)21)26-27-20-12-17(16-31)13-23(33-4)25(20)28(26)2/h6,8-9,12-14,16,19H,5,7,10-11,15H2,1-4H3. The SMILES string of the molecule is CCC1CN(CCCOC)c2cccc3cc(-c4nc5cc(C=O)cc(OC)c5n4C)n1c23. The Balaban J connectivity index is 1.72. The second kappa shape index (κ2) is 8.56. The van der Waals surface area contributed by atoms with E-state index in [0.29, 0.717) is 17.4 Å². The number of ether oxygens (including phenoxy) is 2. The topological polar surface area (TPSA) is 61.5 Å². The molecule has 0 aliphatic carbocycles. The molecule has 3 heterocycles. The van der Waals surface area contributed by atoms with E-state index in [1.165, 1.54) is 16.6 Å². The minimum absolute atomic E-state index is 0.335. The molecule has 2 aromatic carbocycles. The zero-order valence-corrected chi connectivity index (χ0v) is 19.7. The number of nitrogens with zero attached hydrogens (tertiary/aromatic N) is 4. The van der Waals surface area contributed by atoms with Crippen LogP contribution in [0.25, 0.3) is 33.5 Å². The zero-order chi connectivity index (χ0) is 23.1. The molecule has 5 rings (SSSR count). The fourth-order valence-corrected chi connectivity index (χ4v) is 5.21. The van der Waals surface area contributed by atoms with E-state index in [9.17, 15) is 4.79 Å². The van der Waals surface area contributed by atoms with Crippen molar-refractivity contribution in [3.05, 3.63) is 42.0 Å². The van der Waals surface area contributed by atoms with Crippen molar-refractivity contribution in [1.82, 2.24) is 14.1 Å². The molecule has 1 aliphatic heterocycles. The predicted molar refractivity (Wildman–Crippen MR) is 132 cm³/mol. The van der Waals surface area contributed by atoms with Gasteiger partial charge in [0.1, 0.15) is 17.6 Å². The third-order valence-electron chi connectivity index (χ3n) is 6.77. The third kappa shape index (κ3) is 3.38. The molecule has 1 aliphatic rings. The van der Waals surface area contributed by atoms with Crippen LogP contribution in [0.4, 0.5) is 5.69 Å². The molecule has 4 aromatic rings. The fourth-order valence-electron chi connectivity index (χ4n) is 5.21. The number of carbonyl (C=O) groups excluding carboxylic acids is 1. The van der Waals surface area contributed by atoms with Crippen molar-refractivity contribution in [2.24, 2.45) is 7.05 Å². The summed E-state index contributed by atoms with van der Waals surface area (Å²) < 4.78 is 15.4. The summed E-state index contributed by atoms with van der Waals surface area (Å²) in [5.74, 6) is 1.53. The number of aromatic nitrogens is 3. The molecular formula is C26H30N4O3. The summed E-state index contributed by atoms with van der Waals surface area (Å²) in [7, 11) is 5.40. The summed E-state index contributed by atoms with van der Waals surface area (Å²) in [6.45, 7) is 4.94. The highest BCUT2D eigenvalue weighted by Gasteiger charge is 2.30. The Kier molecular flexibility index (Phi) is 5.58. The molecule has 0 fully saturated rings. The molecule has 7 nitrogen and oxygen atoms in total. The summed E-state index contributed by atoms with van der Waals surface area (Å²) >= 11 is 0. The number of aryl methyl sites for hydroxylation is 1. The van der Waals surface area contributed by atoms with Gasteiger partial charge < -0.3 is 23.5 Å². The number of hydrogen-bond donors (Lipinski definition) is 0. The summed E-state index contributed by atoms with van der Waals surface area (Å²) in [5, 5.41) is 1.21. The van der Waals surface area contributed by atoms with Crippen LogP contribution < -0.4 is 9.64 Å². The quantitative estimate of drug-likeness (QED) is 0.287. The highest BCUT2D eigenvalue weighted by Crippen LogP contribution is 2.42. The smallest absolute Gasteiger partial charge is 0.157 e. The Morgan fingerprint density at radius 1 is 1.18 bits per heavy atom. The van der Waals surface area contributed by atoms with Crippen LogP contribution in [0.5, 0.6) is 5.75 Å². The van der Waals surface area contributed by atoms with Crippen molar-refractivity contribution in [3.63, 3.8) is 0 Å². The van der Waals surface area contributed by atoms with Gasteiger partial charge in [0, 0.05) is 44.8 Å². The molecule has 0 N–H and O–H groups in total. The number of aldehydes is 1. The maximum Gasteiger partial charge on any atom is 0.157 e. The van der Waals surface area contributed by atoms with E-state index in [-0.39, 0.29) is 0 Å². The molecule has 7 heteroatoms. The normalized spacial score (nSPS) is 15.5. The van der Waals surface area contributed by atoms with Crippen LogP contribution in [0, 0.1) is 0 Å². The molecule has 2 aromatic heterocycles. The zero-order valence-electron chi connectivity index (χ0n) is 19.7. The summed E-state index contributed by atoms with van der Waals surface area (Å²) in [5.41, 5.74) is 5.83. The van der Waals surface area contributed by atoms with Gasteiger partial charge in [0.05, 0.1) is 35.6 Å². The first-order valence-corrected chi connectivity index (χ1v) is 11.5. The lowest BCUT2D eigenvalue weighted by Crippen LogP contribution is -2.36. The average molecular weight is 447 g/mol. The number of anilines is 1. The molecule has 33 heavy (non-hydrogen) atoms. The van der Waals surface area contributed by atoms with E-state index in [1.807, 2.05) is 13.1 Å². The number of carbonyl (C=O) groups is 1. The number of fused-ring (bicyclic) bond motifs is 1. The monoisotopic (exact) mass is 446 g/mol. The van der Waals surface area contributed by atoms with Crippen LogP contribution in [-0.2, 0) is 11.8 Å². The summed E-state index contributed by atoms with van der Waals surface area (Å²) in [6.07, 6.45) is 2.86. The van der Waals surface area contributed by atoms with Gasteiger partial charge in [-0.1, -0.05) is 19.1 Å². The van der Waals surface area contributed by atoms with Gasteiger partial charge in [-0.25, -0.2) is 4.98 Å². The number of para-hydroxylation sites is 1. The van der Waals surface area contributed by atoms with Crippen LogP contribution in [-0.4, -0.2) is 54.3 Å². The first kappa shape index (κ1) is 21.5. The Hall–Kier alpha value is -3.32. The number of benzene rings is 2. The minimum Gasteiger partial charge on any atom is -0.494 e. The minimum atomic E-state index is 0.335.